The summed E-state index contributed by atoms with van der Waals surface area (Å²) >= 11 is 6.56. The van der Waals surface area contributed by atoms with Gasteiger partial charge in [-0.25, -0.2) is 9.59 Å². The Bertz CT molecular complexity index is 1210. The first-order chi connectivity index (χ1) is 18.4. The lowest BCUT2D eigenvalue weighted by Gasteiger charge is -2.37. The van der Waals surface area contributed by atoms with E-state index in [1.165, 1.54) is 4.90 Å². The van der Waals surface area contributed by atoms with Crippen molar-refractivity contribution in [3.8, 4) is 0 Å². The number of para-hydroxylation sites is 1. The Balaban J connectivity index is 1.20. The van der Waals surface area contributed by atoms with Crippen molar-refractivity contribution in [2.24, 2.45) is 0 Å². The highest BCUT2D eigenvalue weighted by molar-refractivity contribution is 6.34. The van der Waals surface area contributed by atoms with E-state index in [9.17, 15) is 19.2 Å². The molecule has 3 fully saturated rings. The maximum atomic E-state index is 13.3. The second kappa shape index (κ2) is 11.3. The van der Waals surface area contributed by atoms with Crippen LogP contribution in [-0.2, 0) is 16.1 Å². The molecule has 10 nitrogen and oxygen atoms in total. The minimum atomic E-state index is -0.800. The van der Waals surface area contributed by atoms with Crippen LogP contribution in [0.3, 0.4) is 0 Å². The van der Waals surface area contributed by atoms with E-state index in [0.717, 1.165) is 37.9 Å². The van der Waals surface area contributed by atoms with E-state index in [0.29, 0.717) is 40.8 Å². The quantitative estimate of drug-likeness (QED) is 0.585. The van der Waals surface area contributed by atoms with Crippen LogP contribution in [0.4, 0.5) is 15.3 Å². The van der Waals surface area contributed by atoms with Gasteiger partial charge in [0.05, 0.1) is 16.3 Å². The van der Waals surface area contributed by atoms with Crippen molar-refractivity contribution < 1.29 is 24.0 Å². The molecule has 0 radical (unpaired) electrons. The van der Waals surface area contributed by atoms with E-state index < -0.39 is 24.1 Å². The van der Waals surface area contributed by atoms with Crippen molar-refractivity contribution in [3.63, 3.8) is 0 Å². The van der Waals surface area contributed by atoms with E-state index in [-0.39, 0.29) is 19.0 Å². The lowest BCUT2D eigenvalue weighted by Crippen LogP contribution is -2.51. The van der Waals surface area contributed by atoms with Crippen molar-refractivity contribution in [3.05, 3.63) is 64.7 Å². The van der Waals surface area contributed by atoms with Gasteiger partial charge in [0.1, 0.15) is 6.04 Å². The minimum Gasteiger partial charge on any atom is -0.366 e. The van der Waals surface area contributed by atoms with E-state index in [1.54, 1.807) is 18.2 Å². The molecule has 0 spiro atoms. The predicted octanol–water partition coefficient (Wildman–Crippen LogP) is 3.30. The van der Waals surface area contributed by atoms with Crippen molar-refractivity contribution in [2.75, 3.05) is 44.2 Å². The number of carbonyl (C=O) groups is 4. The van der Waals surface area contributed by atoms with E-state index in [2.05, 4.69) is 5.32 Å². The maximum Gasteiger partial charge on any atom is 0.434 e. The van der Waals surface area contributed by atoms with Crippen LogP contribution in [0.1, 0.15) is 35.2 Å². The number of halogens is 1. The summed E-state index contributed by atoms with van der Waals surface area (Å²) in [5, 5.41) is 3.56. The standard InChI is InChI=1S/C27H30ClN5O5/c28-21-11-7-10-20(24(34)31-12-5-2-6-13-31)23(21)30-14-16-32(17-15-30)27(37)38-33-25(35)22(29-26(33)36)18-19-8-3-1-4-9-19/h1,3-4,7-11,22H,2,5-6,12-18H2,(H,29,36)/t22-/m0/s1. The number of piperazine rings is 1. The first kappa shape index (κ1) is 25.8. The molecule has 1 atom stereocenters. The molecular formula is C27H30ClN5O5. The van der Waals surface area contributed by atoms with Gasteiger partial charge in [0.25, 0.3) is 11.8 Å². The Hall–Kier alpha value is -3.79. The average Bonchev–Trinajstić information content (AvgIpc) is 3.20. The number of urea groups is 1. The third-order valence-corrected chi connectivity index (χ3v) is 7.45. The molecule has 3 aliphatic rings. The summed E-state index contributed by atoms with van der Waals surface area (Å²) in [6.45, 7) is 2.85. The number of benzene rings is 2. The van der Waals surface area contributed by atoms with Crippen molar-refractivity contribution in [1.29, 1.82) is 0 Å². The molecule has 1 N–H and O–H groups in total. The number of anilines is 1. The fraction of sp³-hybridized carbons (Fsp3) is 0.407. The molecule has 2 aromatic carbocycles. The molecule has 0 bridgehead atoms. The van der Waals surface area contributed by atoms with Crippen LogP contribution < -0.4 is 10.2 Å². The van der Waals surface area contributed by atoms with Crippen LogP contribution in [0.15, 0.2) is 48.5 Å². The maximum absolute atomic E-state index is 13.3. The van der Waals surface area contributed by atoms with Gasteiger partial charge in [0.2, 0.25) is 0 Å². The molecule has 3 saturated heterocycles. The fourth-order valence-electron chi connectivity index (χ4n) is 5.11. The molecule has 5 rings (SSSR count). The lowest BCUT2D eigenvalue weighted by atomic mass is 10.1. The van der Waals surface area contributed by atoms with E-state index >= 15 is 0 Å². The highest BCUT2D eigenvalue weighted by Crippen LogP contribution is 2.32. The van der Waals surface area contributed by atoms with E-state index in [4.69, 9.17) is 16.4 Å². The minimum absolute atomic E-state index is 0.0346. The zero-order chi connectivity index (χ0) is 26.6. The molecule has 0 unspecified atom stereocenters. The van der Waals surface area contributed by atoms with Gasteiger partial charge >= 0.3 is 12.1 Å². The van der Waals surface area contributed by atoms with Gasteiger partial charge in [-0.15, -0.1) is 0 Å². The van der Waals surface area contributed by atoms with Gasteiger partial charge in [-0.3, -0.25) is 9.59 Å². The van der Waals surface area contributed by atoms with Gasteiger partial charge in [-0.1, -0.05) is 53.1 Å². The second-order valence-corrected chi connectivity index (χ2v) is 10.1. The summed E-state index contributed by atoms with van der Waals surface area (Å²) in [6.07, 6.45) is 2.63. The number of nitrogens with one attached hydrogen (secondary N) is 1. The molecule has 0 aliphatic carbocycles. The molecule has 200 valence electrons. The fourth-order valence-corrected chi connectivity index (χ4v) is 5.40. The van der Waals surface area contributed by atoms with Gasteiger partial charge in [-0.2, -0.15) is 0 Å². The SMILES string of the molecule is O=C(ON1C(=O)N[C@@H](Cc2ccccc2)C1=O)N1CCN(c2c(Cl)cccc2C(=O)N2CCCCC2)CC1. The molecule has 38 heavy (non-hydrogen) atoms. The Labute approximate surface area is 226 Å². The van der Waals surface area contributed by atoms with E-state index in [1.807, 2.05) is 40.1 Å². The molecule has 0 saturated carbocycles. The van der Waals surface area contributed by atoms with Crippen LogP contribution in [0, 0.1) is 0 Å². The number of piperidine rings is 1. The summed E-state index contributed by atoms with van der Waals surface area (Å²) in [6, 6.07) is 13.1. The topological polar surface area (TPSA) is 102 Å². The Morgan fingerprint density at radius 2 is 1.58 bits per heavy atom. The number of likely N-dealkylation sites (tertiary alicyclic amines) is 1. The zero-order valence-electron chi connectivity index (χ0n) is 21.0. The number of hydrogen-bond donors (Lipinski definition) is 1. The van der Waals surface area contributed by atoms with Crippen LogP contribution in [0.2, 0.25) is 5.02 Å². The van der Waals surface area contributed by atoms with Crippen molar-refractivity contribution in [1.82, 2.24) is 20.2 Å². The number of hydroxylamine groups is 2. The molecule has 11 heteroatoms. The van der Waals surface area contributed by atoms with Gasteiger partial charge in [-0.05, 0) is 37.0 Å². The zero-order valence-corrected chi connectivity index (χ0v) is 21.7. The number of hydrogen-bond acceptors (Lipinski definition) is 6. The first-order valence-corrected chi connectivity index (χ1v) is 13.3. The molecule has 3 aliphatic heterocycles. The van der Waals surface area contributed by atoms with Crippen LogP contribution >= 0.6 is 11.6 Å². The third-order valence-electron chi connectivity index (χ3n) is 7.15. The van der Waals surface area contributed by atoms with Crippen LogP contribution in [0.5, 0.6) is 0 Å². The Morgan fingerprint density at radius 3 is 2.29 bits per heavy atom. The second-order valence-electron chi connectivity index (χ2n) is 9.64. The summed E-state index contributed by atoms with van der Waals surface area (Å²) in [4.78, 5) is 61.7. The van der Waals surface area contributed by atoms with Crippen LogP contribution in [0.25, 0.3) is 0 Å². The van der Waals surface area contributed by atoms with Gasteiger partial charge in [0.15, 0.2) is 0 Å². The highest BCUT2D eigenvalue weighted by Gasteiger charge is 2.42. The molecule has 3 heterocycles. The molecule has 2 aromatic rings. The Morgan fingerprint density at radius 1 is 0.868 bits per heavy atom. The normalized spacial score (nSPS) is 20.0. The number of rotatable bonds is 5. The largest absolute Gasteiger partial charge is 0.434 e. The number of carbonyl (C=O) groups excluding carboxylic acids is 4. The summed E-state index contributed by atoms with van der Waals surface area (Å²) in [5.41, 5.74) is 2.10. The van der Waals surface area contributed by atoms with Gasteiger partial charge < -0.3 is 24.9 Å². The summed E-state index contributed by atoms with van der Waals surface area (Å²) in [5.74, 6) is -0.643. The molecule has 0 aromatic heterocycles. The number of nitrogens with zero attached hydrogens (tertiary/aromatic N) is 4. The van der Waals surface area contributed by atoms with Gasteiger partial charge in [0, 0.05) is 45.7 Å². The lowest BCUT2D eigenvalue weighted by molar-refractivity contribution is -0.151. The monoisotopic (exact) mass is 539 g/mol. The smallest absolute Gasteiger partial charge is 0.366 e. The summed E-state index contributed by atoms with van der Waals surface area (Å²) in [7, 11) is 0. The number of amides is 5. The average molecular weight is 540 g/mol. The molecular weight excluding hydrogens is 510 g/mol. The Kier molecular flexibility index (Phi) is 7.69. The number of imide groups is 1. The third kappa shape index (κ3) is 5.40. The predicted molar refractivity (Wildman–Crippen MR) is 141 cm³/mol. The molecule has 5 amide bonds. The van der Waals surface area contributed by atoms with Crippen LogP contribution in [-0.4, -0.2) is 84.1 Å². The highest BCUT2D eigenvalue weighted by atomic mass is 35.5. The first-order valence-electron chi connectivity index (χ1n) is 12.9. The summed E-state index contributed by atoms with van der Waals surface area (Å²) < 4.78 is 0. The van der Waals surface area contributed by atoms with Crippen molar-refractivity contribution >= 4 is 41.2 Å². The van der Waals surface area contributed by atoms with Crippen molar-refractivity contribution in [2.45, 2.75) is 31.7 Å².